The summed E-state index contributed by atoms with van der Waals surface area (Å²) >= 11 is 0. The van der Waals surface area contributed by atoms with Crippen LogP contribution in [0.5, 0.6) is 0 Å². The van der Waals surface area contributed by atoms with E-state index >= 15 is 0 Å². The van der Waals surface area contributed by atoms with Gasteiger partial charge in [0.15, 0.2) is 0 Å². The van der Waals surface area contributed by atoms with Gasteiger partial charge < -0.3 is 14.6 Å². The Balaban J connectivity index is 1.34. The zero-order chi connectivity index (χ0) is 17.9. The van der Waals surface area contributed by atoms with Crippen LogP contribution in [-0.2, 0) is 11.2 Å². The number of nitrogens with one attached hydrogen (secondary N) is 1. The van der Waals surface area contributed by atoms with E-state index in [-0.39, 0.29) is 23.8 Å². The molecule has 1 aromatic heterocycles. The van der Waals surface area contributed by atoms with Crippen LogP contribution in [0.1, 0.15) is 53.1 Å². The van der Waals surface area contributed by atoms with E-state index < -0.39 is 0 Å². The summed E-state index contributed by atoms with van der Waals surface area (Å²) in [6.45, 7) is 1.33. The maximum absolute atomic E-state index is 12.8. The number of fused-ring (bicyclic) bond motifs is 1. The standard InChI is InChI=1S/C21H24N2O3/c24-20(19-7-3-5-15-4-1-2-6-18(15)19)22-17-8-11-23(12-9-17)21(25)16-10-13-26-14-16/h1-2,4,6,10,13-14,17,19H,3,5,7-9,11-12H2,(H,22,24). The molecule has 2 aromatic rings. The van der Waals surface area contributed by atoms with Gasteiger partial charge in [0.25, 0.3) is 5.91 Å². The van der Waals surface area contributed by atoms with Gasteiger partial charge in [-0.2, -0.15) is 0 Å². The van der Waals surface area contributed by atoms with Gasteiger partial charge in [-0.3, -0.25) is 9.59 Å². The first kappa shape index (κ1) is 16.9. The van der Waals surface area contributed by atoms with Gasteiger partial charge in [-0.25, -0.2) is 0 Å². The third kappa shape index (κ3) is 3.39. The van der Waals surface area contributed by atoms with E-state index in [1.165, 1.54) is 23.7 Å². The SMILES string of the molecule is O=C(NC1CCN(C(=O)c2ccoc2)CC1)C1CCCc2ccccc21. The average Bonchev–Trinajstić information content (AvgIpc) is 3.22. The maximum atomic E-state index is 12.8. The second-order valence-corrected chi connectivity index (χ2v) is 7.23. The van der Waals surface area contributed by atoms with Crippen LogP contribution in [0.25, 0.3) is 0 Å². The Labute approximate surface area is 153 Å². The number of furan rings is 1. The lowest BCUT2D eigenvalue weighted by Gasteiger charge is -2.33. The van der Waals surface area contributed by atoms with Crippen molar-refractivity contribution in [3.8, 4) is 0 Å². The third-order valence-electron chi connectivity index (χ3n) is 5.58. The number of carbonyl (C=O) groups is 2. The quantitative estimate of drug-likeness (QED) is 0.923. The van der Waals surface area contributed by atoms with Gasteiger partial charge in [-0.05, 0) is 49.3 Å². The van der Waals surface area contributed by atoms with Crippen molar-refractivity contribution in [3.05, 3.63) is 59.5 Å². The molecule has 0 bridgehead atoms. The number of aryl methyl sites for hydroxylation is 1. The van der Waals surface area contributed by atoms with E-state index in [0.717, 1.165) is 32.1 Å². The molecule has 4 rings (SSSR count). The van der Waals surface area contributed by atoms with Crippen LogP contribution >= 0.6 is 0 Å². The maximum Gasteiger partial charge on any atom is 0.257 e. The molecule has 1 fully saturated rings. The summed E-state index contributed by atoms with van der Waals surface area (Å²) in [7, 11) is 0. The molecule has 136 valence electrons. The van der Waals surface area contributed by atoms with Gasteiger partial charge >= 0.3 is 0 Å². The van der Waals surface area contributed by atoms with Crippen molar-refractivity contribution in [3.63, 3.8) is 0 Å². The molecular formula is C21H24N2O3. The Hall–Kier alpha value is -2.56. The molecule has 0 radical (unpaired) electrons. The van der Waals surface area contributed by atoms with Gasteiger partial charge in [0.05, 0.1) is 17.7 Å². The van der Waals surface area contributed by atoms with E-state index in [2.05, 4.69) is 17.4 Å². The number of hydrogen-bond donors (Lipinski definition) is 1. The molecule has 1 aliphatic heterocycles. The van der Waals surface area contributed by atoms with Gasteiger partial charge in [0.2, 0.25) is 5.91 Å². The minimum Gasteiger partial charge on any atom is -0.472 e. The van der Waals surface area contributed by atoms with Crippen LogP contribution in [0.4, 0.5) is 0 Å². The lowest BCUT2D eigenvalue weighted by molar-refractivity contribution is -0.123. The Bertz CT molecular complexity index is 776. The Morgan fingerprint density at radius 3 is 2.65 bits per heavy atom. The fourth-order valence-corrected chi connectivity index (χ4v) is 4.12. The van der Waals surface area contributed by atoms with Crippen molar-refractivity contribution in [1.82, 2.24) is 10.2 Å². The predicted octanol–water partition coefficient (Wildman–Crippen LogP) is 3.12. The number of nitrogens with zero attached hydrogens (tertiary/aromatic N) is 1. The molecule has 2 amide bonds. The molecule has 5 heteroatoms. The lowest BCUT2D eigenvalue weighted by atomic mass is 9.82. The van der Waals surface area contributed by atoms with Crippen LogP contribution in [-0.4, -0.2) is 35.8 Å². The second-order valence-electron chi connectivity index (χ2n) is 7.23. The summed E-state index contributed by atoms with van der Waals surface area (Å²) in [5, 5.41) is 3.23. The molecular weight excluding hydrogens is 328 g/mol. The Morgan fingerprint density at radius 1 is 1.08 bits per heavy atom. The molecule has 1 atom stereocenters. The van der Waals surface area contributed by atoms with Crippen molar-refractivity contribution in [2.45, 2.75) is 44.1 Å². The third-order valence-corrected chi connectivity index (χ3v) is 5.58. The summed E-state index contributed by atoms with van der Waals surface area (Å²) in [5.41, 5.74) is 3.08. The summed E-state index contributed by atoms with van der Waals surface area (Å²) < 4.78 is 4.99. The number of hydrogen-bond acceptors (Lipinski definition) is 3. The van der Waals surface area contributed by atoms with E-state index in [9.17, 15) is 9.59 Å². The minimum absolute atomic E-state index is 0.00438. The number of benzene rings is 1. The fourth-order valence-electron chi connectivity index (χ4n) is 4.12. The summed E-state index contributed by atoms with van der Waals surface area (Å²) in [5.74, 6) is 0.104. The van der Waals surface area contributed by atoms with Crippen molar-refractivity contribution in [2.75, 3.05) is 13.1 Å². The first-order chi connectivity index (χ1) is 12.7. The van der Waals surface area contributed by atoms with E-state index in [1.54, 1.807) is 6.07 Å². The Morgan fingerprint density at radius 2 is 1.88 bits per heavy atom. The molecule has 2 heterocycles. The molecule has 0 saturated carbocycles. The van der Waals surface area contributed by atoms with Crippen molar-refractivity contribution < 1.29 is 14.0 Å². The van der Waals surface area contributed by atoms with Gasteiger partial charge in [-0.1, -0.05) is 24.3 Å². The highest BCUT2D eigenvalue weighted by atomic mass is 16.3. The molecule has 1 unspecified atom stereocenters. The number of rotatable bonds is 3. The van der Waals surface area contributed by atoms with Gasteiger partial charge in [-0.15, -0.1) is 0 Å². The topological polar surface area (TPSA) is 62.6 Å². The summed E-state index contributed by atoms with van der Waals surface area (Å²) in [4.78, 5) is 27.0. The molecule has 1 aliphatic carbocycles. The van der Waals surface area contributed by atoms with Crippen LogP contribution in [0, 0.1) is 0 Å². The summed E-state index contributed by atoms with van der Waals surface area (Å²) in [6.07, 6.45) is 7.63. The molecule has 1 saturated heterocycles. The van der Waals surface area contributed by atoms with Crippen molar-refractivity contribution >= 4 is 11.8 Å². The highest BCUT2D eigenvalue weighted by Crippen LogP contribution is 2.31. The van der Waals surface area contributed by atoms with E-state index in [1.807, 2.05) is 17.0 Å². The van der Waals surface area contributed by atoms with Crippen molar-refractivity contribution in [2.24, 2.45) is 0 Å². The zero-order valence-electron chi connectivity index (χ0n) is 14.8. The average molecular weight is 352 g/mol. The number of likely N-dealkylation sites (tertiary alicyclic amines) is 1. The molecule has 26 heavy (non-hydrogen) atoms. The normalized spacial score (nSPS) is 20.5. The predicted molar refractivity (Wildman–Crippen MR) is 97.9 cm³/mol. The minimum atomic E-state index is -0.0365. The number of amides is 2. The van der Waals surface area contributed by atoms with E-state index in [0.29, 0.717) is 18.7 Å². The van der Waals surface area contributed by atoms with Crippen molar-refractivity contribution in [1.29, 1.82) is 0 Å². The van der Waals surface area contributed by atoms with Crippen LogP contribution in [0.15, 0.2) is 47.3 Å². The van der Waals surface area contributed by atoms with E-state index in [4.69, 9.17) is 4.42 Å². The zero-order valence-corrected chi connectivity index (χ0v) is 14.8. The number of carbonyl (C=O) groups excluding carboxylic acids is 2. The molecule has 5 nitrogen and oxygen atoms in total. The first-order valence-electron chi connectivity index (χ1n) is 9.42. The smallest absolute Gasteiger partial charge is 0.257 e. The largest absolute Gasteiger partial charge is 0.472 e. The Kier molecular flexibility index (Phi) is 4.78. The monoisotopic (exact) mass is 352 g/mol. The molecule has 1 N–H and O–H groups in total. The molecule has 2 aliphatic rings. The van der Waals surface area contributed by atoms with Crippen LogP contribution < -0.4 is 5.32 Å². The fraction of sp³-hybridized carbons (Fsp3) is 0.429. The van der Waals surface area contributed by atoms with Crippen LogP contribution in [0.2, 0.25) is 0 Å². The molecule has 1 aromatic carbocycles. The first-order valence-corrected chi connectivity index (χ1v) is 9.42. The highest BCUT2D eigenvalue weighted by Gasteiger charge is 2.30. The number of piperidine rings is 1. The lowest BCUT2D eigenvalue weighted by Crippen LogP contribution is -2.47. The highest BCUT2D eigenvalue weighted by molar-refractivity contribution is 5.93. The summed E-state index contributed by atoms with van der Waals surface area (Å²) in [6, 6.07) is 10.1. The van der Waals surface area contributed by atoms with Gasteiger partial charge in [0.1, 0.15) is 6.26 Å². The van der Waals surface area contributed by atoms with Crippen LogP contribution in [0.3, 0.4) is 0 Å². The molecule has 0 spiro atoms. The second kappa shape index (κ2) is 7.36. The van der Waals surface area contributed by atoms with Gasteiger partial charge in [0, 0.05) is 19.1 Å².